The number of nitrogens with zero attached hydrogens (tertiary/aromatic N) is 1. The lowest BCUT2D eigenvalue weighted by Gasteiger charge is -2.34. The van der Waals surface area contributed by atoms with Gasteiger partial charge in [0.05, 0.1) is 10.9 Å². The first-order valence-corrected chi connectivity index (χ1v) is 11.6. The zero-order valence-corrected chi connectivity index (χ0v) is 18.9. The molecule has 3 aromatic rings. The largest absolute Gasteiger partial charge is 0.344 e. The number of rotatable bonds is 5. The number of pyridine rings is 1. The number of carbonyl (C=O) groups is 1. The van der Waals surface area contributed by atoms with E-state index in [0.29, 0.717) is 29.2 Å². The van der Waals surface area contributed by atoms with Crippen molar-refractivity contribution in [2.45, 2.75) is 52.5 Å². The average Bonchev–Trinajstić information content (AvgIpc) is 3.14. The van der Waals surface area contributed by atoms with E-state index in [-0.39, 0.29) is 11.9 Å². The Hall–Kier alpha value is -2.24. The molecule has 4 rings (SSSR count). The number of carbonyl (C=O) groups excluding carboxylic acids is 1. The Balaban J connectivity index is 1.57. The first kappa shape index (κ1) is 21.0. The maximum absolute atomic E-state index is 13.0. The molecule has 158 valence electrons. The topological polar surface area (TPSA) is 68.0 Å². The fourth-order valence-electron chi connectivity index (χ4n) is 4.38. The molecule has 1 aliphatic rings. The Morgan fingerprint density at radius 1 is 1.27 bits per heavy atom. The van der Waals surface area contributed by atoms with Gasteiger partial charge in [0.25, 0.3) is 5.91 Å². The molecule has 1 aliphatic carbocycles. The highest BCUT2D eigenvalue weighted by Gasteiger charge is 2.29. The first-order valence-electron chi connectivity index (χ1n) is 10.8. The summed E-state index contributed by atoms with van der Waals surface area (Å²) in [6.07, 6.45) is 4.00. The lowest BCUT2D eigenvalue weighted by molar-refractivity contribution is 0.0939. The predicted molar refractivity (Wildman–Crippen MR) is 125 cm³/mol. The number of hydrogen-bond donors (Lipinski definition) is 2. The quantitative estimate of drug-likeness (QED) is 0.590. The van der Waals surface area contributed by atoms with Crippen LogP contribution in [-0.2, 0) is 12.8 Å². The highest BCUT2D eigenvalue weighted by molar-refractivity contribution is 7.20. The third kappa shape index (κ3) is 4.42. The van der Waals surface area contributed by atoms with E-state index in [2.05, 4.69) is 32.2 Å². The van der Waals surface area contributed by atoms with Gasteiger partial charge >= 0.3 is 0 Å². The molecular weight excluding hydrogens is 390 g/mol. The van der Waals surface area contributed by atoms with Crippen molar-refractivity contribution in [2.75, 3.05) is 6.54 Å². The van der Waals surface area contributed by atoms with Crippen molar-refractivity contribution < 1.29 is 4.79 Å². The predicted octanol–water partition coefficient (Wildman–Crippen LogP) is 5.27. The summed E-state index contributed by atoms with van der Waals surface area (Å²) in [7, 11) is 0. The first-order chi connectivity index (χ1) is 14.3. The van der Waals surface area contributed by atoms with Crippen LogP contribution in [0.3, 0.4) is 0 Å². The van der Waals surface area contributed by atoms with Crippen LogP contribution >= 0.6 is 11.3 Å². The molecule has 2 atom stereocenters. The summed E-state index contributed by atoms with van der Waals surface area (Å²) in [6.45, 7) is 7.50. The van der Waals surface area contributed by atoms with Crippen molar-refractivity contribution in [2.24, 2.45) is 17.1 Å². The molecule has 0 radical (unpaired) electrons. The van der Waals surface area contributed by atoms with Gasteiger partial charge in [0.15, 0.2) is 0 Å². The van der Waals surface area contributed by atoms with Gasteiger partial charge in [-0.15, -0.1) is 11.3 Å². The van der Waals surface area contributed by atoms with Crippen LogP contribution in [0.5, 0.6) is 0 Å². The summed E-state index contributed by atoms with van der Waals surface area (Å²) in [5, 5.41) is 4.25. The molecule has 0 bridgehead atoms. The van der Waals surface area contributed by atoms with E-state index in [9.17, 15) is 4.79 Å². The molecule has 1 unspecified atom stereocenters. The number of aromatic nitrogens is 1. The number of hydrogen-bond acceptors (Lipinski definition) is 4. The summed E-state index contributed by atoms with van der Waals surface area (Å²) in [5.74, 6) is 0.624. The van der Waals surface area contributed by atoms with Gasteiger partial charge in [-0.3, -0.25) is 4.79 Å². The zero-order valence-electron chi connectivity index (χ0n) is 18.1. The number of nitrogens with one attached hydrogen (secondary N) is 1. The molecule has 30 heavy (non-hydrogen) atoms. The maximum atomic E-state index is 13.0. The van der Waals surface area contributed by atoms with Crippen LogP contribution in [0.2, 0.25) is 0 Å². The number of amides is 1. The van der Waals surface area contributed by atoms with Gasteiger partial charge in [-0.05, 0) is 66.8 Å². The van der Waals surface area contributed by atoms with Crippen LogP contribution in [0.4, 0.5) is 0 Å². The molecular formula is C25H31N3OS. The minimum Gasteiger partial charge on any atom is -0.344 e. The molecule has 5 heteroatoms. The normalized spacial score (nSPS) is 17.5. The van der Waals surface area contributed by atoms with Gasteiger partial charge in [0.1, 0.15) is 4.83 Å². The van der Waals surface area contributed by atoms with Crippen molar-refractivity contribution in [1.82, 2.24) is 10.3 Å². The van der Waals surface area contributed by atoms with Crippen molar-refractivity contribution in [3.05, 3.63) is 64.2 Å². The molecule has 1 amide bonds. The molecule has 2 aromatic heterocycles. The van der Waals surface area contributed by atoms with Crippen LogP contribution < -0.4 is 11.1 Å². The van der Waals surface area contributed by atoms with E-state index >= 15 is 0 Å². The zero-order chi connectivity index (χ0) is 21.3. The van der Waals surface area contributed by atoms with Gasteiger partial charge in [0, 0.05) is 11.1 Å². The number of benzene rings is 1. The molecule has 1 aromatic carbocycles. The highest BCUT2D eigenvalue weighted by atomic mass is 32.1. The van der Waals surface area contributed by atoms with Crippen LogP contribution in [0.15, 0.2) is 42.5 Å². The second-order valence-electron chi connectivity index (χ2n) is 9.42. The van der Waals surface area contributed by atoms with E-state index < -0.39 is 0 Å². The third-order valence-electron chi connectivity index (χ3n) is 6.28. The minimum atomic E-state index is -0.0809. The van der Waals surface area contributed by atoms with E-state index in [1.54, 1.807) is 0 Å². The van der Waals surface area contributed by atoms with E-state index in [1.807, 2.05) is 36.4 Å². The van der Waals surface area contributed by atoms with Gasteiger partial charge in [-0.2, -0.15) is 0 Å². The van der Waals surface area contributed by atoms with Crippen LogP contribution in [-0.4, -0.2) is 17.4 Å². The number of thiophene rings is 1. The van der Waals surface area contributed by atoms with Crippen molar-refractivity contribution >= 4 is 27.5 Å². The Bertz CT molecular complexity index is 1040. The van der Waals surface area contributed by atoms with Crippen molar-refractivity contribution in [3.63, 3.8) is 0 Å². The minimum absolute atomic E-state index is 0.0501. The monoisotopic (exact) mass is 421 g/mol. The summed E-state index contributed by atoms with van der Waals surface area (Å²) in [6, 6.07) is 14.2. The molecule has 3 N–H and O–H groups in total. The number of nitrogens with two attached hydrogens (primary N) is 1. The van der Waals surface area contributed by atoms with Gasteiger partial charge in [-0.1, -0.05) is 51.1 Å². The summed E-state index contributed by atoms with van der Waals surface area (Å²) >= 11 is 1.49. The smallest absolute Gasteiger partial charge is 0.261 e. The molecule has 0 fully saturated rings. The van der Waals surface area contributed by atoms with Gasteiger partial charge < -0.3 is 11.1 Å². The molecule has 0 saturated carbocycles. The van der Waals surface area contributed by atoms with E-state index in [1.165, 1.54) is 29.0 Å². The molecule has 4 nitrogen and oxygen atoms in total. The second-order valence-corrected chi connectivity index (χ2v) is 10.4. The summed E-state index contributed by atoms with van der Waals surface area (Å²) in [5.41, 5.74) is 9.75. The number of fused-ring (bicyclic) bond motifs is 2. The van der Waals surface area contributed by atoms with Gasteiger partial charge in [0.2, 0.25) is 0 Å². The van der Waals surface area contributed by atoms with Crippen molar-refractivity contribution in [1.29, 1.82) is 0 Å². The standard InChI is InChI=1S/C25H31N3OS/c1-25(2,3)19-9-10-20-17(14-19)13-18-15-22(30-24(18)28-20)23(29)27-21(11-12-26)16-7-5-4-6-8-16/h4-8,13,15,19,21H,9-12,14,26H2,1-3H3,(H,27,29)/t19?,21-/m1/s1. The third-order valence-corrected chi connectivity index (χ3v) is 7.33. The SMILES string of the molecule is CC(C)(C)C1CCc2nc3sc(C(=O)N[C@H](CCN)c4ccccc4)cc3cc2C1. The van der Waals surface area contributed by atoms with E-state index in [4.69, 9.17) is 10.7 Å². The maximum Gasteiger partial charge on any atom is 0.261 e. The lowest BCUT2D eigenvalue weighted by Crippen LogP contribution is -2.29. The fraction of sp³-hybridized carbons (Fsp3) is 0.440. The van der Waals surface area contributed by atoms with Crippen LogP contribution in [0.25, 0.3) is 10.2 Å². The van der Waals surface area contributed by atoms with Crippen molar-refractivity contribution in [3.8, 4) is 0 Å². The van der Waals surface area contributed by atoms with Crippen LogP contribution in [0.1, 0.15) is 66.1 Å². The Morgan fingerprint density at radius 3 is 2.73 bits per heavy atom. The molecule has 0 saturated heterocycles. The number of aryl methyl sites for hydroxylation is 1. The molecule has 0 spiro atoms. The Kier molecular flexibility index (Phi) is 5.94. The fourth-order valence-corrected chi connectivity index (χ4v) is 5.32. The summed E-state index contributed by atoms with van der Waals surface area (Å²) in [4.78, 5) is 19.6. The Morgan fingerprint density at radius 2 is 2.03 bits per heavy atom. The van der Waals surface area contributed by atoms with Crippen LogP contribution in [0, 0.1) is 11.3 Å². The van der Waals surface area contributed by atoms with E-state index in [0.717, 1.165) is 28.6 Å². The molecule has 0 aliphatic heterocycles. The average molecular weight is 422 g/mol. The van der Waals surface area contributed by atoms with Gasteiger partial charge in [-0.25, -0.2) is 4.98 Å². The second kappa shape index (κ2) is 8.48. The summed E-state index contributed by atoms with van der Waals surface area (Å²) < 4.78 is 0. The molecule has 2 heterocycles. The lowest BCUT2D eigenvalue weighted by atomic mass is 9.71. The highest BCUT2D eigenvalue weighted by Crippen LogP contribution is 2.38. The Labute approximate surface area is 182 Å².